The fraction of sp³-hybridized carbons (Fsp3) is 0.556. The molecule has 13 heavy (non-hydrogen) atoms. The van der Waals surface area contributed by atoms with Crippen molar-refractivity contribution >= 4 is 34.7 Å². The Kier molecular flexibility index (Phi) is 3.69. The lowest BCUT2D eigenvalue weighted by Crippen LogP contribution is -2.24. The van der Waals surface area contributed by atoms with E-state index in [-0.39, 0.29) is 4.75 Å². The second-order valence-electron chi connectivity index (χ2n) is 3.34. The van der Waals surface area contributed by atoms with E-state index in [9.17, 15) is 5.11 Å². The van der Waals surface area contributed by atoms with Crippen LogP contribution in [0.4, 0.5) is 0 Å². The van der Waals surface area contributed by atoms with E-state index in [1.165, 1.54) is 11.3 Å². The average molecular weight is 237 g/mol. The van der Waals surface area contributed by atoms with Gasteiger partial charge in [-0.05, 0) is 31.5 Å². The number of hydrogen-bond donors (Lipinski definition) is 1. The topological polar surface area (TPSA) is 20.2 Å². The molecule has 1 nitrogen and oxygen atoms in total. The maximum Gasteiger partial charge on any atom is 0.104 e. The van der Waals surface area contributed by atoms with Gasteiger partial charge in [0.2, 0.25) is 0 Å². The molecule has 0 radical (unpaired) electrons. The molecule has 0 bridgehead atoms. The van der Waals surface area contributed by atoms with Crippen LogP contribution in [0.5, 0.6) is 0 Å². The summed E-state index contributed by atoms with van der Waals surface area (Å²) in [6.45, 7) is 4.02. The van der Waals surface area contributed by atoms with Gasteiger partial charge in [0.1, 0.15) is 6.10 Å². The Bertz CT molecular complexity index is 283. The Labute approximate surface area is 92.1 Å². The fourth-order valence-electron chi connectivity index (χ4n) is 0.928. The molecule has 1 aromatic rings. The minimum atomic E-state index is -0.491. The Balaban J connectivity index is 2.91. The van der Waals surface area contributed by atoms with Gasteiger partial charge in [-0.15, -0.1) is 11.3 Å². The van der Waals surface area contributed by atoms with E-state index in [0.717, 1.165) is 4.88 Å². The van der Waals surface area contributed by atoms with Gasteiger partial charge in [-0.2, -0.15) is 11.8 Å². The average Bonchev–Trinajstić information content (AvgIpc) is 2.50. The molecule has 1 atom stereocenters. The first-order valence-electron chi connectivity index (χ1n) is 3.95. The van der Waals surface area contributed by atoms with E-state index in [4.69, 9.17) is 11.6 Å². The largest absolute Gasteiger partial charge is 0.386 e. The van der Waals surface area contributed by atoms with Gasteiger partial charge in [0, 0.05) is 4.75 Å². The number of halogens is 1. The zero-order valence-electron chi connectivity index (χ0n) is 7.87. The van der Waals surface area contributed by atoms with Crippen LogP contribution in [0.3, 0.4) is 0 Å². The second kappa shape index (κ2) is 4.22. The third-order valence-electron chi connectivity index (χ3n) is 2.08. The molecule has 0 fully saturated rings. The van der Waals surface area contributed by atoms with Crippen molar-refractivity contribution in [1.29, 1.82) is 0 Å². The predicted octanol–water partition coefficient (Wildman–Crippen LogP) is 3.58. The standard InChI is InChI=1S/C9H13ClOS2/c1-9(2,12-3)8(11)7-6(10)4-5-13-7/h4-5,8,11H,1-3H3. The summed E-state index contributed by atoms with van der Waals surface area (Å²) in [6, 6.07) is 1.82. The number of thiophene rings is 1. The predicted molar refractivity (Wildman–Crippen MR) is 61.9 cm³/mol. The highest BCUT2D eigenvalue weighted by molar-refractivity contribution is 8.00. The van der Waals surface area contributed by atoms with Crippen LogP contribution in [0, 0.1) is 0 Å². The quantitative estimate of drug-likeness (QED) is 0.866. The fourth-order valence-corrected chi connectivity index (χ4v) is 2.67. The highest BCUT2D eigenvalue weighted by atomic mass is 35.5. The smallest absolute Gasteiger partial charge is 0.104 e. The van der Waals surface area contributed by atoms with Crippen molar-refractivity contribution in [2.45, 2.75) is 24.7 Å². The summed E-state index contributed by atoms with van der Waals surface area (Å²) in [6.07, 6.45) is 1.50. The van der Waals surface area contributed by atoms with E-state index in [0.29, 0.717) is 5.02 Å². The van der Waals surface area contributed by atoms with E-state index < -0.39 is 6.10 Å². The summed E-state index contributed by atoms with van der Waals surface area (Å²) in [5, 5.41) is 12.6. The van der Waals surface area contributed by atoms with Crippen LogP contribution in [0.1, 0.15) is 24.8 Å². The van der Waals surface area contributed by atoms with E-state index >= 15 is 0 Å². The number of thioether (sulfide) groups is 1. The molecule has 0 aliphatic rings. The molecule has 0 spiro atoms. The third kappa shape index (κ3) is 2.40. The van der Waals surface area contributed by atoms with Gasteiger partial charge in [-0.25, -0.2) is 0 Å². The highest BCUT2D eigenvalue weighted by Gasteiger charge is 2.30. The number of aliphatic hydroxyl groups excluding tert-OH is 1. The molecule has 1 N–H and O–H groups in total. The summed E-state index contributed by atoms with van der Waals surface area (Å²) < 4.78 is -0.186. The van der Waals surface area contributed by atoms with E-state index in [2.05, 4.69) is 0 Å². The monoisotopic (exact) mass is 236 g/mol. The summed E-state index contributed by atoms with van der Waals surface area (Å²) in [5.74, 6) is 0. The van der Waals surface area contributed by atoms with Crippen molar-refractivity contribution in [2.75, 3.05) is 6.26 Å². The summed E-state index contributed by atoms with van der Waals surface area (Å²) >= 11 is 9.08. The summed E-state index contributed by atoms with van der Waals surface area (Å²) in [4.78, 5) is 0.862. The third-order valence-corrected chi connectivity index (χ3v) is 4.76. The zero-order chi connectivity index (χ0) is 10.1. The minimum absolute atomic E-state index is 0.186. The highest BCUT2D eigenvalue weighted by Crippen LogP contribution is 2.40. The van der Waals surface area contributed by atoms with Gasteiger partial charge in [0.15, 0.2) is 0 Å². The molecule has 74 valence electrons. The second-order valence-corrected chi connectivity index (χ2v) is 6.16. The lowest BCUT2D eigenvalue weighted by molar-refractivity contribution is 0.148. The molecule has 0 amide bonds. The van der Waals surface area contributed by atoms with Gasteiger partial charge in [-0.3, -0.25) is 0 Å². The first-order valence-corrected chi connectivity index (χ1v) is 6.43. The van der Waals surface area contributed by atoms with Gasteiger partial charge in [0.05, 0.1) is 9.90 Å². The van der Waals surface area contributed by atoms with Gasteiger partial charge in [-0.1, -0.05) is 11.6 Å². The van der Waals surface area contributed by atoms with E-state index in [1.807, 2.05) is 31.5 Å². The van der Waals surface area contributed by atoms with Crippen molar-refractivity contribution in [3.8, 4) is 0 Å². The molecule has 1 rings (SSSR count). The Morgan fingerprint density at radius 2 is 2.23 bits per heavy atom. The number of aliphatic hydroxyl groups is 1. The van der Waals surface area contributed by atoms with Crippen molar-refractivity contribution in [2.24, 2.45) is 0 Å². The first kappa shape index (κ1) is 11.4. The van der Waals surface area contributed by atoms with Crippen LogP contribution in [-0.2, 0) is 0 Å². The van der Waals surface area contributed by atoms with Crippen molar-refractivity contribution in [1.82, 2.24) is 0 Å². The molecule has 1 heterocycles. The molecule has 0 saturated carbocycles. The van der Waals surface area contributed by atoms with Crippen LogP contribution in [0.25, 0.3) is 0 Å². The van der Waals surface area contributed by atoms with Crippen LogP contribution < -0.4 is 0 Å². The maximum absolute atomic E-state index is 10.0. The van der Waals surface area contributed by atoms with Crippen molar-refractivity contribution in [3.63, 3.8) is 0 Å². The first-order chi connectivity index (χ1) is 5.99. The summed E-state index contributed by atoms with van der Waals surface area (Å²) in [5.41, 5.74) is 0. The van der Waals surface area contributed by atoms with Crippen LogP contribution >= 0.6 is 34.7 Å². The molecule has 1 aromatic heterocycles. The normalized spacial score (nSPS) is 14.5. The number of rotatable bonds is 3. The van der Waals surface area contributed by atoms with Gasteiger partial charge < -0.3 is 5.11 Å². The molecule has 0 aromatic carbocycles. The molecule has 0 saturated heterocycles. The zero-order valence-corrected chi connectivity index (χ0v) is 10.3. The molecular formula is C9H13ClOS2. The summed E-state index contributed by atoms with van der Waals surface area (Å²) in [7, 11) is 0. The Morgan fingerprint density at radius 3 is 2.62 bits per heavy atom. The maximum atomic E-state index is 10.0. The van der Waals surface area contributed by atoms with Crippen LogP contribution in [0.15, 0.2) is 11.4 Å². The SMILES string of the molecule is CSC(C)(C)C(O)c1sccc1Cl. The van der Waals surface area contributed by atoms with Crippen LogP contribution in [0.2, 0.25) is 5.02 Å². The molecule has 0 aliphatic heterocycles. The lowest BCUT2D eigenvalue weighted by Gasteiger charge is -2.27. The molecule has 4 heteroatoms. The Hall–Kier alpha value is 0.300. The van der Waals surface area contributed by atoms with Crippen molar-refractivity contribution < 1.29 is 5.11 Å². The lowest BCUT2D eigenvalue weighted by atomic mass is 10.1. The molecule has 0 aliphatic carbocycles. The number of hydrogen-bond acceptors (Lipinski definition) is 3. The van der Waals surface area contributed by atoms with Gasteiger partial charge >= 0.3 is 0 Å². The molecular weight excluding hydrogens is 224 g/mol. The Morgan fingerprint density at radius 1 is 1.62 bits per heavy atom. The minimum Gasteiger partial charge on any atom is -0.386 e. The van der Waals surface area contributed by atoms with Gasteiger partial charge in [0.25, 0.3) is 0 Å². The van der Waals surface area contributed by atoms with E-state index in [1.54, 1.807) is 11.8 Å². The van der Waals surface area contributed by atoms with Crippen molar-refractivity contribution in [3.05, 3.63) is 21.3 Å². The van der Waals surface area contributed by atoms with Crippen LogP contribution in [-0.4, -0.2) is 16.1 Å². The molecule has 1 unspecified atom stereocenters.